The molecule has 132 valence electrons. The van der Waals surface area contributed by atoms with E-state index in [0.717, 1.165) is 6.07 Å². The number of hydrogen-bond acceptors (Lipinski definition) is 4. The summed E-state index contributed by atoms with van der Waals surface area (Å²) >= 11 is 0. The predicted molar refractivity (Wildman–Crippen MR) is 84.0 cm³/mol. The van der Waals surface area contributed by atoms with Crippen molar-refractivity contribution in [3.63, 3.8) is 0 Å². The number of methoxy groups -OCH3 is 1. The van der Waals surface area contributed by atoms with Crippen molar-refractivity contribution >= 4 is 17.8 Å². The van der Waals surface area contributed by atoms with Crippen LogP contribution < -0.4 is 10.1 Å². The van der Waals surface area contributed by atoms with Gasteiger partial charge in [0.05, 0.1) is 7.11 Å². The summed E-state index contributed by atoms with van der Waals surface area (Å²) in [5, 5.41) is 11.6. The maximum atomic E-state index is 13.7. The van der Waals surface area contributed by atoms with Crippen molar-refractivity contribution in [3.05, 3.63) is 29.6 Å². The lowest BCUT2D eigenvalue weighted by molar-refractivity contribution is -0.142. The number of halogens is 1. The van der Waals surface area contributed by atoms with Crippen LogP contribution in [0.15, 0.2) is 18.2 Å². The highest BCUT2D eigenvalue weighted by Gasteiger charge is 2.23. The van der Waals surface area contributed by atoms with E-state index in [0.29, 0.717) is 6.42 Å². The minimum Gasteiger partial charge on any atom is -0.494 e. The van der Waals surface area contributed by atoms with E-state index in [4.69, 9.17) is 4.74 Å². The second-order valence-corrected chi connectivity index (χ2v) is 5.37. The fourth-order valence-electron chi connectivity index (χ4n) is 2.01. The Kier molecular flexibility index (Phi) is 7.16. The first-order valence-electron chi connectivity index (χ1n) is 7.32. The van der Waals surface area contributed by atoms with Crippen molar-refractivity contribution in [1.82, 2.24) is 10.2 Å². The number of carbonyl (C=O) groups excluding carboxylic acids is 2. The Bertz CT molecular complexity index is 618. The lowest BCUT2D eigenvalue weighted by Gasteiger charge is -2.16. The number of benzene rings is 1. The maximum Gasteiger partial charge on any atom is 0.330 e. The summed E-state index contributed by atoms with van der Waals surface area (Å²) in [4.78, 5) is 36.1. The molecule has 1 atom stereocenters. The SMILES string of the molecule is COc1ccc(C(NC(=O)CCCC(=O)N(C)C)C(=O)O)cc1F. The van der Waals surface area contributed by atoms with Crippen LogP contribution >= 0.6 is 0 Å². The van der Waals surface area contributed by atoms with Gasteiger partial charge in [0.2, 0.25) is 11.8 Å². The fourth-order valence-corrected chi connectivity index (χ4v) is 2.01. The van der Waals surface area contributed by atoms with Crippen LogP contribution in [0.3, 0.4) is 0 Å². The van der Waals surface area contributed by atoms with Gasteiger partial charge >= 0.3 is 5.97 Å². The Morgan fingerprint density at radius 2 is 1.96 bits per heavy atom. The Hall–Kier alpha value is -2.64. The molecule has 24 heavy (non-hydrogen) atoms. The number of rotatable bonds is 8. The summed E-state index contributed by atoms with van der Waals surface area (Å²) in [6.07, 6.45) is 0.490. The highest BCUT2D eigenvalue weighted by molar-refractivity contribution is 5.85. The van der Waals surface area contributed by atoms with Crippen LogP contribution in [0, 0.1) is 5.82 Å². The van der Waals surface area contributed by atoms with E-state index in [-0.39, 0.29) is 30.1 Å². The molecule has 0 fully saturated rings. The lowest BCUT2D eigenvalue weighted by Crippen LogP contribution is -2.33. The molecule has 0 spiro atoms. The first kappa shape index (κ1) is 19.4. The number of nitrogens with one attached hydrogen (secondary N) is 1. The number of ether oxygens (including phenoxy) is 1. The van der Waals surface area contributed by atoms with Gasteiger partial charge in [0.1, 0.15) is 0 Å². The molecule has 0 saturated carbocycles. The minimum absolute atomic E-state index is 0.00198. The van der Waals surface area contributed by atoms with Crippen molar-refractivity contribution in [3.8, 4) is 5.75 Å². The van der Waals surface area contributed by atoms with E-state index in [2.05, 4.69) is 5.32 Å². The average Bonchev–Trinajstić information content (AvgIpc) is 2.52. The third-order valence-electron chi connectivity index (χ3n) is 3.35. The molecule has 7 nitrogen and oxygen atoms in total. The highest BCUT2D eigenvalue weighted by Crippen LogP contribution is 2.22. The molecule has 8 heteroatoms. The molecule has 0 radical (unpaired) electrons. The van der Waals surface area contributed by atoms with Crippen molar-refractivity contribution in [2.45, 2.75) is 25.3 Å². The first-order chi connectivity index (χ1) is 11.3. The first-order valence-corrected chi connectivity index (χ1v) is 7.32. The molecule has 1 rings (SSSR count). The Morgan fingerprint density at radius 3 is 2.46 bits per heavy atom. The fraction of sp³-hybridized carbons (Fsp3) is 0.438. The molecule has 0 heterocycles. The van der Waals surface area contributed by atoms with Gasteiger partial charge in [0, 0.05) is 26.9 Å². The quantitative estimate of drug-likeness (QED) is 0.744. The average molecular weight is 340 g/mol. The van der Waals surface area contributed by atoms with Gasteiger partial charge in [0.25, 0.3) is 0 Å². The van der Waals surface area contributed by atoms with Crippen molar-refractivity contribution in [2.75, 3.05) is 21.2 Å². The maximum absolute atomic E-state index is 13.7. The molecule has 1 aromatic rings. The molecule has 0 aliphatic rings. The van der Waals surface area contributed by atoms with Crippen LogP contribution in [-0.4, -0.2) is 49.0 Å². The Balaban J connectivity index is 2.69. The molecule has 2 amide bonds. The standard InChI is InChI=1S/C16H21FN2O5/c1-19(2)14(21)6-4-5-13(20)18-15(16(22)23)10-7-8-12(24-3)11(17)9-10/h7-9,15H,4-6H2,1-3H3,(H,18,20)(H,22,23). The Morgan fingerprint density at radius 1 is 1.29 bits per heavy atom. The monoisotopic (exact) mass is 340 g/mol. The highest BCUT2D eigenvalue weighted by atomic mass is 19.1. The second-order valence-electron chi connectivity index (χ2n) is 5.37. The van der Waals surface area contributed by atoms with E-state index < -0.39 is 23.7 Å². The normalized spacial score (nSPS) is 11.5. The summed E-state index contributed by atoms with van der Waals surface area (Å²) in [7, 11) is 4.52. The van der Waals surface area contributed by atoms with Gasteiger partial charge < -0.3 is 20.1 Å². The largest absolute Gasteiger partial charge is 0.494 e. The summed E-state index contributed by atoms with van der Waals surface area (Å²) in [5.74, 6) is -2.68. The van der Waals surface area contributed by atoms with Gasteiger partial charge in [-0.25, -0.2) is 9.18 Å². The molecule has 0 aliphatic heterocycles. The number of aliphatic carboxylic acids is 1. The summed E-state index contributed by atoms with van der Waals surface area (Å²) in [6.45, 7) is 0. The predicted octanol–water partition coefficient (Wildman–Crippen LogP) is 1.33. The van der Waals surface area contributed by atoms with Gasteiger partial charge in [-0.3, -0.25) is 9.59 Å². The number of carboxylic acid groups (broad SMARTS) is 1. The minimum atomic E-state index is -1.37. The molecule has 1 unspecified atom stereocenters. The zero-order chi connectivity index (χ0) is 18.3. The van der Waals surface area contributed by atoms with Crippen molar-refractivity contribution < 1.29 is 28.6 Å². The van der Waals surface area contributed by atoms with E-state index in [1.165, 1.54) is 24.1 Å². The smallest absolute Gasteiger partial charge is 0.330 e. The third kappa shape index (κ3) is 5.53. The zero-order valence-corrected chi connectivity index (χ0v) is 13.8. The number of hydrogen-bond donors (Lipinski definition) is 2. The van der Waals surface area contributed by atoms with Gasteiger partial charge in [-0.15, -0.1) is 0 Å². The van der Waals surface area contributed by atoms with E-state index >= 15 is 0 Å². The van der Waals surface area contributed by atoms with Crippen LogP contribution in [0.4, 0.5) is 4.39 Å². The third-order valence-corrected chi connectivity index (χ3v) is 3.35. The van der Waals surface area contributed by atoms with Crippen LogP contribution in [0.25, 0.3) is 0 Å². The molecule has 0 aliphatic carbocycles. The molecule has 0 aromatic heterocycles. The van der Waals surface area contributed by atoms with E-state index in [9.17, 15) is 23.9 Å². The molecular formula is C16H21FN2O5. The summed E-state index contributed by atoms with van der Waals surface area (Å²) in [5.41, 5.74) is 0.0958. The topological polar surface area (TPSA) is 95.9 Å². The van der Waals surface area contributed by atoms with E-state index in [1.807, 2.05) is 0 Å². The molecule has 0 saturated heterocycles. The van der Waals surface area contributed by atoms with Gasteiger partial charge in [0.15, 0.2) is 17.6 Å². The number of carboxylic acids is 1. The van der Waals surface area contributed by atoms with E-state index in [1.54, 1.807) is 14.1 Å². The van der Waals surface area contributed by atoms with Crippen LogP contribution in [0.2, 0.25) is 0 Å². The number of nitrogens with zero attached hydrogens (tertiary/aromatic N) is 1. The molecule has 2 N–H and O–H groups in total. The lowest BCUT2D eigenvalue weighted by atomic mass is 10.1. The van der Waals surface area contributed by atoms with Crippen molar-refractivity contribution in [2.24, 2.45) is 0 Å². The molecular weight excluding hydrogens is 319 g/mol. The van der Waals surface area contributed by atoms with Crippen LogP contribution in [0.5, 0.6) is 5.75 Å². The Labute approximate surface area is 139 Å². The van der Waals surface area contributed by atoms with Crippen LogP contribution in [-0.2, 0) is 14.4 Å². The van der Waals surface area contributed by atoms with Gasteiger partial charge in [-0.05, 0) is 24.1 Å². The molecule has 0 bridgehead atoms. The van der Waals surface area contributed by atoms with Gasteiger partial charge in [-0.2, -0.15) is 0 Å². The van der Waals surface area contributed by atoms with Crippen molar-refractivity contribution in [1.29, 1.82) is 0 Å². The summed E-state index contributed by atoms with van der Waals surface area (Å²) in [6, 6.07) is 2.30. The number of amides is 2. The zero-order valence-electron chi connectivity index (χ0n) is 13.8. The second kappa shape index (κ2) is 8.85. The summed E-state index contributed by atoms with van der Waals surface area (Å²) < 4.78 is 18.5. The van der Waals surface area contributed by atoms with Crippen LogP contribution in [0.1, 0.15) is 30.9 Å². The number of carbonyl (C=O) groups is 3. The molecule has 1 aromatic carbocycles. The van der Waals surface area contributed by atoms with Gasteiger partial charge in [-0.1, -0.05) is 6.07 Å².